The van der Waals surface area contributed by atoms with Crippen LogP contribution in [0.3, 0.4) is 0 Å². The fourth-order valence-electron chi connectivity index (χ4n) is 3.72. The minimum atomic E-state index is -0.0457. The van der Waals surface area contributed by atoms with E-state index in [0.717, 1.165) is 40.8 Å². The summed E-state index contributed by atoms with van der Waals surface area (Å²) in [6, 6.07) is 9.75. The van der Waals surface area contributed by atoms with Crippen molar-refractivity contribution in [1.82, 2.24) is 19.9 Å². The topological polar surface area (TPSA) is 82.4 Å². The molecule has 2 aromatic heterocycles. The highest BCUT2D eigenvalue weighted by molar-refractivity contribution is 5.79. The molecule has 0 saturated carbocycles. The molecule has 4 rings (SSSR count). The second kappa shape index (κ2) is 7.59. The molecule has 0 atom stereocenters. The van der Waals surface area contributed by atoms with Crippen LogP contribution in [0.5, 0.6) is 0 Å². The van der Waals surface area contributed by atoms with Crippen molar-refractivity contribution in [3.8, 4) is 0 Å². The zero-order valence-corrected chi connectivity index (χ0v) is 16.2. The van der Waals surface area contributed by atoms with Crippen LogP contribution in [0.2, 0.25) is 0 Å². The molecule has 7 heteroatoms. The summed E-state index contributed by atoms with van der Waals surface area (Å²) in [4.78, 5) is 32.0. The third kappa shape index (κ3) is 3.71. The summed E-state index contributed by atoms with van der Waals surface area (Å²) in [7, 11) is 0. The van der Waals surface area contributed by atoms with Gasteiger partial charge in [0.15, 0.2) is 0 Å². The molecule has 146 valence electrons. The molecule has 1 fully saturated rings. The predicted molar refractivity (Wildman–Crippen MR) is 106 cm³/mol. The lowest BCUT2D eigenvalue weighted by Gasteiger charge is -2.34. The van der Waals surface area contributed by atoms with Crippen LogP contribution in [0.1, 0.15) is 22.6 Å². The minimum Gasteiger partial charge on any atom is -0.361 e. The van der Waals surface area contributed by atoms with Crippen LogP contribution in [0.25, 0.3) is 10.9 Å². The first-order chi connectivity index (χ1) is 13.5. The monoisotopic (exact) mass is 380 g/mol. The van der Waals surface area contributed by atoms with Gasteiger partial charge in [0, 0.05) is 49.4 Å². The summed E-state index contributed by atoms with van der Waals surface area (Å²) >= 11 is 0. The van der Waals surface area contributed by atoms with Crippen LogP contribution in [-0.2, 0) is 17.8 Å². The summed E-state index contributed by atoms with van der Waals surface area (Å²) < 4.78 is 5.15. The molecule has 0 bridgehead atoms. The number of nitrogens with zero attached hydrogens (tertiary/aromatic N) is 3. The van der Waals surface area contributed by atoms with E-state index in [-0.39, 0.29) is 11.5 Å². The normalized spacial score (nSPS) is 15.3. The molecular weight excluding hydrogens is 356 g/mol. The van der Waals surface area contributed by atoms with E-state index in [1.54, 1.807) is 0 Å². The fourth-order valence-corrected chi connectivity index (χ4v) is 3.72. The van der Waals surface area contributed by atoms with Crippen LogP contribution < -0.4 is 5.56 Å². The Morgan fingerprint density at radius 2 is 1.93 bits per heavy atom. The molecule has 0 unspecified atom stereocenters. The second-order valence-electron chi connectivity index (χ2n) is 7.35. The van der Waals surface area contributed by atoms with Crippen molar-refractivity contribution in [2.75, 3.05) is 26.2 Å². The molecule has 1 amide bonds. The molecule has 1 N–H and O–H groups in total. The Kier molecular flexibility index (Phi) is 5.00. The van der Waals surface area contributed by atoms with Crippen LogP contribution in [0.4, 0.5) is 0 Å². The lowest BCUT2D eigenvalue weighted by molar-refractivity contribution is -0.132. The average molecular weight is 380 g/mol. The molecular formula is C21H24N4O3. The summed E-state index contributed by atoms with van der Waals surface area (Å²) in [6.07, 6.45) is 0.325. The number of piperazine rings is 1. The lowest BCUT2D eigenvalue weighted by Crippen LogP contribution is -2.49. The van der Waals surface area contributed by atoms with Crippen molar-refractivity contribution in [2.45, 2.75) is 26.8 Å². The van der Waals surface area contributed by atoms with Gasteiger partial charge in [0.05, 0.1) is 12.1 Å². The van der Waals surface area contributed by atoms with Crippen molar-refractivity contribution >= 4 is 16.8 Å². The largest absolute Gasteiger partial charge is 0.361 e. The van der Waals surface area contributed by atoms with Gasteiger partial charge >= 0.3 is 0 Å². The Hall–Kier alpha value is -2.93. The zero-order valence-electron chi connectivity index (χ0n) is 16.2. The average Bonchev–Trinajstić information content (AvgIpc) is 3.01. The van der Waals surface area contributed by atoms with Crippen molar-refractivity contribution in [3.63, 3.8) is 0 Å². The Morgan fingerprint density at radius 1 is 1.18 bits per heavy atom. The number of amides is 1. The molecule has 1 aliphatic rings. The Balaban J connectivity index is 1.37. The molecule has 3 aromatic rings. The van der Waals surface area contributed by atoms with Gasteiger partial charge < -0.3 is 14.4 Å². The van der Waals surface area contributed by atoms with E-state index in [1.165, 1.54) is 0 Å². The SMILES string of the molecule is Cc1noc(C)c1CC(=O)N1CCN(Cc2cc3ccccc3[nH]c2=O)CC1. The molecule has 1 aliphatic heterocycles. The summed E-state index contributed by atoms with van der Waals surface area (Å²) in [5.41, 5.74) is 3.23. The summed E-state index contributed by atoms with van der Waals surface area (Å²) in [5, 5.41) is 4.95. The Labute approximate surface area is 162 Å². The van der Waals surface area contributed by atoms with Crippen molar-refractivity contribution in [3.05, 3.63) is 63.3 Å². The fraction of sp³-hybridized carbons (Fsp3) is 0.381. The molecule has 3 heterocycles. The number of carbonyl (C=O) groups excluding carboxylic acids is 1. The number of rotatable bonds is 4. The highest BCUT2D eigenvalue weighted by atomic mass is 16.5. The number of benzene rings is 1. The number of pyridine rings is 1. The van der Waals surface area contributed by atoms with Gasteiger partial charge in [-0.3, -0.25) is 14.5 Å². The van der Waals surface area contributed by atoms with Gasteiger partial charge in [-0.1, -0.05) is 23.4 Å². The van der Waals surface area contributed by atoms with Gasteiger partial charge in [0.2, 0.25) is 5.91 Å². The maximum absolute atomic E-state index is 12.6. The van der Waals surface area contributed by atoms with Crippen LogP contribution >= 0.6 is 0 Å². The first-order valence-corrected chi connectivity index (χ1v) is 9.54. The number of carbonyl (C=O) groups is 1. The molecule has 0 aliphatic carbocycles. The molecule has 0 spiro atoms. The summed E-state index contributed by atoms with van der Waals surface area (Å²) in [6.45, 7) is 7.10. The molecule has 0 radical (unpaired) electrons. The van der Waals surface area contributed by atoms with E-state index >= 15 is 0 Å². The third-order valence-corrected chi connectivity index (χ3v) is 5.46. The van der Waals surface area contributed by atoms with Gasteiger partial charge in [-0.05, 0) is 31.4 Å². The molecule has 28 heavy (non-hydrogen) atoms. The van der Waals surface area contributed by atoms with E-state index in [2.05, 4.69) is 15.0 Å². The van der Waals surface area contributed by atoms with Crippen LogP contribution in [0, 0.1) is 13.8 Å². The number of para-hydroxylation sites is 1. The first-order valence-electron chi connectivity index (χ1n) is 9.54. The Bertz CT molecular complexity index is 1040. The van der Waals surface area contributed by atoms with Crippen LogP contribution in [0.15, 0.2) is 39.6 Å². The number of hydrogen-bond donors (Lipinski definition) is 1. The van der Waals surface area contributed by atoms with Crippen molar-refractivity contribution < 1.29 is 9.32 Å². The molecule has 1 saturated heterocycles. The maximum Gasteiger partial charge on any atom is 0.252 e. The van der Waals surface area contributed by atoms with E-state index in [1.807, 2.05) is 49.1 Å². The van der Waals surface area contributed by atoms with Gasteiger partial charge in [-0.2, -0.15) is 0 Å². The number of aromatic amines is 1. The quantitative estimate of drug-likeness (QED) is 0.749. The van der Waals surface area contributed by atoms with Crippen molar-refractivity contribution in [2.24, 2.45) is 0 Å². The predicted octanol–water partition coefficient (Wildman–Crippen LogP) is 2.02. The smallest absolute Gasteiger partial charge is 0.252 e. The maximum atomic E-state index is 12.6. The highest BCUT2D eigenvalue weighted by Gasteiger charge is 2.23. The second-order valence-corrected chi connectivity index (χ2v) is 7.35. The number of aryl methyl sites for hydroxylation is 2. The van der Waals surface area contributed by atoms with E-state index < -0.39 is 0 Å². The number of H-pyrrole nitrogens is 1. The third-order valence-electron chi connectivity index (χ3n) is 5.46. The van der Waals surface area contributed by atoms with E-state index in [4.69, 9.17) is 4.52 Å². The standard InChI is InChI=1S/C21H24N4O3/c1-14-18(15(2)28-23-14)12-20(26)25-9-7-24(8-10-25)13-17-11-16-5-3-4-6-19(16)22-21(17)27/h3-6,11H,7-10,12-13H2,1-2H3,(H,22,27). The van der Waals surface area contributed by atoms with Gasteiger partial charge in [-0.25, -0.2) is 0 Å². The molecule has 7 nitrogen and oxygen atoms in total. The van der Waals surface area contributed by atoms with Crippen molar-refractivity contribution in [1.29, 1.82) is 0 Å². The minimum absolute atomic E-state index is 0.0457. The van der Waals surface area contributed by atoms with Crippen LogP contribution in [-0.4, -0.2) is 52.0 Å². The zero-order chi connectivity index (χ0) is 19.7. The van der Waals surface area contributed by atoms with E-state index in [9.17, 15) is 9.59 Å². The van der Waals surface area contributed by atoms with Gasteiger partial charge in [0.1, 0.15) is 5.76 Å². The lowest BCUT2D eigenvalue weighted by atomic mass is 10.1. The Morgan fingerprint density at radius 3 is 2.64 bits per heavy atom. The number of aromatic nitrogens is 2. The first kappa shape index (κ1) is 18.4. The highest BCUT2D eigenvalue weighted by Crippen LogP contribution is 2.16. The number of nitrogens with one attached hydrogen (secondary N) is 1. The van der Waals surface area contributed by atoms with Gasteiger partial charge in [0.25, 0.3) is 5.56 Å². The molecule has 1 aromatic carbocycles. The van der Waals surface area contributed by atoms with Gasteiger partial charge in [-0.15, -0.1) is 0 Å². The van der Waals surface area contributed by atoms with E-state index in [0.29, 0.717) is 31.8 Å². The number of fused-ring (bicyclic) bond motifs is 1. The number of hydrogen-bond acceptors (Lipinski definition) is 5. The summed E-state index contributed by atoms with van der Waals surface area (Å²) in [5.74, 6) is 0.803.